The van der Waals surface area contributed by atoms with Gasteiger partial charge in [0.1, 0.15) is 11.2 Å². The zero-order valence-corrected chi connectivity index (χ0v) is 13.8. The summed E-state index contributed by atoms with van der Waals surface area (Å²) in [5.41, 5.74) is -1.51. The number of rotatable bonds is 0. The van der Waals surface area contributed by atoms with Crippen molar-refractivity contribution < 1.29 is 28.8 Å². The van der Waals surface area contributed by atoms with E-state index in [0.717, 1.165) is 37.7 Å². The summed E-state index contributed by atoms with van der Waals surface area (Å²) >= 11 is 0. The predicted molar refractivity (Wildman–Crippen MR) is 82.1 cm³/mol. The second-order valence-corrected chi connectivity index (χ2v) is 7.59. The Bertz CT molecular complexity index is 591. The number of ketones is 1. The molecule has 0 aromatic heterocycles. The molecule has 3 spiro atoms. The molecule has 5 aliphatic rings. The number of carbonyl (C=O) groups is 1. The molecule has 132 valence electrons. The number of hydrogen-bond donors (Lipinski definition) is 1. The average Bonchev–Trinajstić information content (AvgIpc) is 3.32. The van der Waals surface area contributed by atoms with Crippen LogP contribution in [0.1, 0.15) is 51.4 Å². The van der Waals surface area contributed by atoms with Crippen molar-refractivity contribution in [1.82, 2.24) is 0 Å². The normalized spacial score (nSPS) is 47.9. The van der Waals surface area contributed by atoms with Crippen molar-refractivity contribution in [3.8, 4) is 0 Å². The molecule has 24 heavy (non-hydrogen) atoms. The van der Waals surface area contributed by atoms with Crippen molar-refractivity contribution in [2.75, 3.05) is 19.8 Å². The highest BCUT2D eigenvalue weighted by atomic mass is 16.6. The van der Waals surface area contributed by atoms with Gasteiger partial charge in [-0.1, -0.05) is 0 Å². The van der Waals surface area contributed by atoms with Gasteiger partial charge in [0.2, 0.25) is 5.78 Å². The molecule has 0 amide bonds. The molecule has 4 atom stereocenters. The summed E-state index contributed by atoms with van der Waals surface area (Å²) in [5.74, 6) is 0.149. The Morgan fingerprint density at radius 1 is 0.917 bits per heavy atom. The zero-order valence-electron chi connectivity index (χ0n) is 13.8. The first-order valence-electron chi connectivity index (χ1n) is 9.20. The van der Waals surface area contributed by atoms with Crippen LogP contribution in [0.3, 0.4) is 0 Å². The van der Waals surface area contributed by atoms with Gasteiger partial charge in [0.05, 0.1) is 0 Å². The van der Waals surface area contributed by atoms with Crippen molar-refractivity contribution in [2.45, 2.75) is 74.5 Å². The lowest BCUT2D eigenvalue weighted by molar-refractivity contribution is -0.250. The van der Waals surface area contributed by atoms with Gasteiger partial charge >= 0.3 is 0 Å². The third-order valence-electron chi connectivity index (χ3n) is 6.60. The Morgan fingerprint density at radius 2 is 1.58 bits per heavy atom. The van der Waals surface area contributed by atoms with Crippen molar-refractivity contribution >= 4 is 5.78 Å². The Balaban J connectivity index is 1.77. The standard InChI is InChI=1S/C18H24O6/c19-13-5-4-12-14(24-13)15(20)17(7-2-10-22-17)18(8-3-11-23-18)16(12)6-1-9-21-16/h13,19H,1-11H2/t13-,16+,17-,18-/m0/s1. The highest BCUT2D eigenvalue weighted by molar-refractivity contribution is 6.04. The van der Waals surface area contributed by atoms with E-state index in [2.05, 4.69) is 0 Å². The van der Waals surface area contributed by atoms with Gasteiger partial charge in [-0.25, -0.2) is 0 Å². The van der Waals surface area contributed by atoms with Crippen LogP contribution in [0.15, 0.2) is 11.3 Å². The fraction of sp³-hybridized carbons (Fsp3) is 0.833. The van der Waals surface area contributed by atoms with Gasteiger partial charge in [0.15, 0.2) is 17.7 Å². The van der Waals surface area contributed by atoms with Crippen LogP contribution in [0, 0.1) is 0 Å². The third-order valence-corrected chi connectivity index (χ3v) is 6.60. The molecule has 3 fully saturated rings. The number of carbonyl (C=O) groups excluding carboxylic acids is 1. The first-order chi connectivity index (χ1) is 11.7. The SMILES string of the molecule is O=C1C2=C(CC[C@@H](O)O2)[C@]2(CCCO2)[C@@]2(CCCO2)[C@]12CCCO2. The zero-order chi connectivity index (χ0) is 16.4. The average molecular weight is 336 g/mol. The molecule has 0 saturated carbocycles. The lowest BCUT2D eigenvalue weighted by Gasteiger charge is -2.57. The van der Waals surface area contributed by atoms with Crippen LogP contribution in [0.4, 0.5) is 0 Å². The van der Waals surface area contributed by atoms with Crippen LogP contribution in [0.25, 0.3) is 0 Å². The maximum Gasteiger partial charge on any atom is 0.232 e. The van der Waals surface area contributed by atoms with Crippen LogP contribution >= 0.6 is 0 Å². The van der Waals surface area contributed by atoms with E-state index in [1.807, 2.05) is 0 Å². The van der Waals surface area contributed by atoms with Crippen LogP contribution < -0.4 is 0 Å². The quantitative estimate of drug-likeness (QED) is 0.724. The van der Waals surface area contributed by atoms with E-state index >= 15 is 0 Å². The number of fused-ring (bicyclic) bond motifs is 3. The molecule has 1 N–H and O–H groups in total. The molecule has 6 nitrogen and oxygen atoms in total. The Morgan fingerprint density at radius 3 is 2.21 bits per heavy atom. The summed E-state index contributed by atoms with van der Waals surface area (Å²) in [6.07, 6.45) is 5.09. The third kappa shape index (κ3) is 1.59. The number of ether oxygens (including phenoxy) is 4. The Kier molecular flexibility index (Phi) is 3.21. The van der Waals surface area contributed by atoms with Crippen molar-refractivity contribution in [3.05, 3.63) is 11.3 Å². The smallest absolute Gasteiger partial charge is 0.232 e. The minimum atomic E-state index is -1.02. The summed E-state index contributed by atoms with van der Waals surface area (Å²) in [5, 5.41) is 9.96. The van der Waals surface area contributed by atoms with Gasteiger partial charge < -0.3 is 24.1 Å². The first-order valence-corrected chi connectivity index (χ1v) is 9.20. The molecule has 4 aliphatic heterocycles. The molecule has 0 bridgehead atoms. The topological polar surface area (TPSA) is 74.2 Å². The van der Waals surface area contributed by atoms with Gasteiger partial charge in [-0.2, -0.15) is 0 Å². The number of hydrogen-bond acceptors (Lipinski definition) is 6. The molecule has 1 aliphatic carbocycles. The summed E-state index contributed by atoms with van der Waals surface area (Å²) < 4.78 is 24.6. The lowest BCUT2D eigenvalue weighted by Crippen LogP contribution is -2.74. The van der Waals surface area contributed by atoms with E-state index in [-0.39, 0.29) is 5.78 Å². The first kappa shape index (κ1) is 15.3. The van der Waals surface area contributed by atoms with E-state index in [0.29, 0.717) is 44.8 Å². The van der Waals surface area contributed by atoms with Gasteiger partial charge in [0.25, 0.3) is 0 Å². The minimum Gasteiger partial charge on any atom is -0.461 e. The lowest BCUT2D eigenvalue weighted by atomic mass is 9.57. The summed E-state index contributed by atoms with van der Waals surface area (Å²) in [7, 11) is 0. The van der Waals surface area contributed by atoms with Gasteiger partial charge in [-0.05, 0) is 44.9 Å². The molecular formula is C18H24O6. The van der Waals surface area contributed by atoms with Crippen molar-refractivity contribution in [1.29, 1.82) is 0 Å². The second kappa shape index (κ2) is 5.04. The van der Waals surface area contributed by atoms with Crippen LogP contribution in [-0.4, -0.2) is 53.8 Å². The number of aliphatic hydroxyl groups is 1. The van der Waals surface area contributed by atoms with Gasteiger partial charge in [-0.15, -0.1) is 0 Å². The van der Waals surface area contributed by atoms with Crippen molar-refractivity contribution in [2.24, 2.45) is 0 Å². The molecule has 0 unspecified atom stereocenters. The van der Waals surface area contributed by atoms with E-state index in [1.54, 1.807) is 0 Å². The molecule has 0 aromatic rings. The Hall–Kier alpha value is -0.950. The van der Waals surface area contributed by atoms with E-state index in [9.17, 15) is 9.90 Å². The fourth-order valence-electron chi connectivity index (χ4n) is 5.77. The molecule has 0 aromatic carbocycles. The van der Waals surface area contributed by atoms with E-state index in [4.69, 9.17) is 18.9 Å². The van der Waals surface area contributed by atoms with Crippen LogP contribution in [0.2, 0.25) is 0 Å². The molecule has 5 rings (SSSR count). The van der Waals surface area contributed by atoms with E-state index in [1.165, 1.54) is 0 Å². The predicted octanol–water partition coefficient (Wildman–Crippen LogP) is 1.60. The maximum absolute atomic E-state index is 13.5. The highest BCUT2D eigenvalue weighted by Crippen LogP contribution is 2.62. The van der Waals surface area contributed by atoms with Crippen molar-refractivity contribution in [3.63, 3.8) is 0 Å². The Labute approximate surface area is 141 Å². The molecule has 0 radical (unpaired) electrons. The molecule has 4 heterocycles. The fourth-order valence-corrected chi connectivity index (χ4v) is 5.77. The summed E-state index contributed by atoms with van der Waals surface area (Å²) in [4.78, 5) is 13.5. The van der Waals surface area contributed by atoms with Gasteiger partial charge in [-0.3, -0.25) is 4.79 Å². The molecule has 6 heteroatoms. The minimum absolute atomic E-state index is 0.142. The number of aliphatic hydroxyl groups excluding tert-OH is 1. The molecule has 3 saturated heterocycles. The maximum atomic E-state index is 13.5. The summed E-state index contributed by atoms with van der Waals surface area (Å²) in [6, 6.07) is 0. The monoisotopic (exact) mass is 336 g/mol. The van der Waals surface area contributed by atoms with Gasteiger partial charge in [0, 0.05) is 31.8 Å². The largest absolute Gasteiger partial charge is 0.461 e. The van der Waals surface area contributed by atoms with Crippen LogP contribution in [0.5, 0.6) is 0 Å². The summed E-state index contributed by atoms with van der Waals surface area (Å²) in [6.45, 7) is 1.85. The van der Waals surface area contributed by atoms with E-state index < -0.39 is 23.1 Å². The number of Topliss-reactive ketones (excluding diaryl/α,β-unsaturated/α-hetero) is 1. The highest BCUT2D eigenvalue weighted by Gasteiger charge is 2.76. The molecular weight excluding hydrogens is 312 g/mol. The second-order valence-electron chi connectivity index (χ2n) is 7.59. The van der Waals surface area contributed by atoms with Crippen LogP contribution in [-0.2, 0) is 23.7 Å².